The van der Waals surface area contributed by atoms with Gasteiger partial charge in [-0.2, -0.15) is 28.1 Å². The summed E-state index contributed by atoms with van der Waals surface area (Å²) in [6, 6.07) is 1.88. The second-order valence-corrected chi connectivity index (χ2v) is 6.08. The molecular formula is C16H14ClF3N6O. The van der Waals surface area contributed by atoms with E-state index in [0.717, 1.165) is 22.4 Å². The lowest BCUT2D eigenvalue weighted by molar-refractivity contribution is -0.137. The summed E-state index contributed by atoms with van der Waals surface area (Å²) in [4.78, 5) is 16.0. The van der Waals surface area contributed by atoms with E-state index in [-0.39, 0.29) is 10.8 Å². The highest BCUT2D eigenvalue weighted by atomic mass is 35.5. The van der Waals surface area contributed by atoms with Crippen molar-refractivity contribution in [1.82, 2.24) is 24.5 Å². The minimum atomic E-state index is -4.51. The molecule has 3 aromatic rings. The quantitative estimate of drug-likeness (QED) is 0.715. The van der Waals surface area contributed by atoms with Crippen molar-refractivity contribution < 1.29 is 13.2 Å². The predicted molar refractivity (Wildman–Crippen MR) is 93.1 cm³/mol. The molecule has 1 N–H and O–H groups in total. The van der Waals surface area contributed by atoms with E-state index in [1.54, 1.807) is 10.9 Å². The molecule has 0 radical (unpaired) electrons. The summed E-state index contributed by atoms with van der Waals surface area (Å²) >= 11 is 6.07. The molecule has 11 heteroatoms. The van der Waals surface area contributed by atoms with Crippen molar-refractivity contribution >= 4 is 17.3 Å². The van der Waals surface area contributed by atoms with Crippen LogP contribution in [0, 0.1) is 6.92 Å². The third kappa shape index (κ3) is 4.27. The highest BCUT2D eigenvalue weighted by Gasteiger charge is 2.30. The van der Waals surface area contributed by atoms with Crippen LogP contribution in [0.2, 0.25) is 5.02 Å². The molecule has 0 bridgehead atoms. The van der Waals surface area contributed by atoms with Crippen LogP contribution >= 0.6 is 11.6 Å². The van der Waals surface area contributed by atoms with Crippen LogP contribution in [0.25, 0.3) is 5.82 Å². The summed E-state index contributed by atoms with van der Waals surface area (Å²) < 4.78 is 40.4. The van der Waals surface area contributed by atoms with Gasteiger partial charge in [-0.3, -0.25) is 9.48 Å². The number of aryl methyl sites for hydroxylation is 1. The Balaban J connectivity index is 1.75. The van der Waals surface area contributed by atoms with Crippen molar-refractivity contribution in [3.05, 3.63) is 63.4 Å². The first kappa shape index (κ1) is 18.9. The Labute approximate surface area is 156 Å². The fraction of sp³-hybridized carbons (Fsp3) is 0.250. The first-order valence-corrected chi connectivity index (χ1v) is 8.18. The lowest BCUT2D eigenvalue weighted by Gasteiger charge is -2.11. The Morgan fingerprint density at radius 1 is 1.19 bits per heavy atom. The molecule has 0 aliphatic carbocycles. The number of rotatable bonds is 5. The number of hydrogen-bond donors (Lipinski definition) is 1. The van der Waals surface area contributed by atoms with Crippen LogP contribution in [-0.2, 0) is 12.7 Å². The molecule has 0 fully saturated rings. The number of anilines is 1. The standard InChI is InChI=1S/C16H14ClF3N6O/c1-10-6-23-25(9-10)5-4-21-12-8-24-26(15(27)14(12)17)13-3-2-11(7-22-13)16(18,19)20/h2-3,6-9,21H,4-5H2,1H3. The summed E-state index contributed by atoms with van der Waals surface area (Å²) in [5.74, 6) is -0.0616. The van der Waals surface area contributed by atoms with Gasteiger partial charge < -0.3 is 5.32 Å². The lowest BCUT2D eigenvalue weighted by atomic mass is 10.3. The second kappa shape index (κ2) is 7.39. The lowest BCUT2D eigenvalue weighted by Crippen LogP contribution is -2.24. The predicted octanol–water partition coefficient (Wildman–Crippen LogP) is 2.92. The smallest absolute Gasteiger partial charge is 0.381 e. The fourth-order valence-corrected chi connectivity index (χ4v) is 2.49. The van der Waals surface area contributed by atoms with Gasteiger partial charge in [0.2, 0.25) is 0 Å². The van der Waals surface area contributed by atoms with E-state index in [1.165, 1.54) is 6.20 Å². The number of nitrogens with zero attached hydrogens (tertiary/aromatic N) is 5. The van der Waals surface area contributed by atoms with Crippen LogP contribution in [0.15, 0.2) is 41.7 Å². The Kier molecular flexibility index (Phi) is 5.17. The Morgan fingerprint density at radius 3 is 2.56 bits per heavy atom. The molecule has 0 aromatic carbocycles. The summed E-state index contributed by atoms with van der Waals surface area (Å²) in [5.41, 5.74) is -0.267. The molecule has 142 valence electrons. The van der Waals surface area contributed by atoms with Gasteiger partial charge in [0.1, 0.15) is 5.02 Å². The van der Waals surface area contributed by atoms with Crippen molar-refractivity contribution in [2.45, 2.75) is 19.6 Å². The third-order valence-corrected chi connectivity index (χ3v) is 4.00. The maximum atomic E-state index is 12.6. The average molecular weight is 399 g/mol. The van der Waals surface area contributed by atoms with Gasteiger partial charge in [0.25, 0.3) is 5.56 Å². The van der Waals surface area contributed by atoms with E-state index in [1.807, 2.05) is 13.1 Å². The van der Waals surface area contributed by atoms with Crippen LogP contribution in [-0.4, -0.2) is 31.1 Å². The Bertz CT molecular complexity index is 997. The van der Waals surface area contributed by atoms with Gasteiger partial charge in [-0.1, -0.05) is 11.6 Å². The van der Waals surface area contributed by atoms with Gasteiger partial charge in [0.15, 0.2) is 5.82 Å². The molecule has 0 amide bonds. The number of nitrogens with one attached hydrogen (secondary N) is 1. The van der Waals surface area contributed by atoms with E-state index < -0.39 is 17.3 Å². The number of aromatic nitrogens is 5. The van der Waals surface area contributed by atoms with E-state index in [4.69, 9.17) is 11.6 Å². The maximum absolute atomic E-state index is 12.6. The SMILES string of the molecule is Cc1cnn(CCNc2cnn(-c3ccc(C(F)(F)F)cn3)c(=O)c2Cl)c1. The number of pyridine rings is 1. The minimum absolute atomic E-state index is 0.0616. The Hall–Kier alpha value is -2.88. The van der Waals surface area contributed by atoms with E-state index in [0.29, 0.717) is 25.0 Å². The van der Waals surface area contributed by atoms with Crippen LogP contribution in [0.5, 0.6) is 0 Å². The molecule has 0 saturated carbocycles. The van der Waals surface area contributed by atoms with E-state index >= 15 is 0 Å². The fourth-order valence-electron chi connectivity index (χ4n) is 2.29. The molecule has 0 aliphatic heterocycles. The molecule has 3 heterocycles. The molecule has 0 saturated heterocycles. The monoisotopic (exact) mass is 398 g/mol. The molecule has 0 atom stereocenters. The number of alkyl halides is 3. The molecule has 3 aromatic heterocycles. The summed E-state index contributed by atoms with van der Waals surface area (Å²) in [7, 11) is 0. The van der Waals surface area contributed by atoms with E-state index in [9.17, 15) is 18.0 Å². The molecule has 0 unspecified atom stereocenters. The molecular weight excluding hydrogens is 385 g/mol. The molecule has 0 aliphatic rings. The third-order valence-electron chi connectivity index (χ3n) is 3.63. The molecule has 27 heavy (non-hydrogen) atoms. The average Bonchev–Trinajstić information content (AvgIpc) is 3.03. The maximum Gasteiger partial charge on any atom is 0.417 e. The van der Waals surface area contributed by atoms with Gasteiger partial charge in [0, 0.05) is 18.9 Å². The van der Waals surface area contributed by atoms with Gasteiger partial charge in [-0.25, -0.2) is 4.98 Å². The van der Waals surface area contributed by atoms with Crippen molar-refractivity contribution in [3.63, 3.8) is 0 Å². The van der Waals surface area contributed by atoms with Crippen molar-refractivity contribution in [2.24, 2.45) is 0 Å². The summed E-state index contributed by atoms with van der Waals surface area (Å²) in [6.45, 7) is 2.92. The summed E-state index contributed by atoms with van der Waals surface area (Å²) in [6.07, 6.45) is 1.04. The number of halogens is 4. The van der Waals surface area contributed by atoms with Gasteiger partial charge >= 0.3 is 6.18 Å². The normalized spacial score (nSPS) is 11.6. The van der Waals surface area contributed by atoms with Crippen molar-refractivity contribution in [3.8, 4) is 5.82 Å². The van der Waals surface area contributed by atoms with Crippen LogP contribution in [0.1, 0.15) is 11.1 Å². The van der Waals surface area contributed by atoms with Crippen LogP contribution in [0.4, 0.5) is 18.9 Å². The minimum Gasteiger partial charge on any atom is -0.381 e. The van der Waals surface area contributed by atoms with Crippen LogP contribution < -0.4 is 10.9 Å². The Morgan fingerprint density at radius 2 is 1.96 bits per heavy atom. The van der Waals surface area contributed by atoms with Crippen molar-refractivity contribution in [2.75, 3.05) is 11.9 Å². The largest absolute Gasteiger partial charge is 0.417 e. The van der Waals surface area contributed by atoms with Gasteiger partial charge in [-0.15, -0.1) is 0 Å². The van der Waals surface area contributed by atoms with Gasteiger partial charge in [-0.05, 0) is 24.6 Å². The zero-order valence-electron chi connectivity index (χ0n) is 14.0. The second-order valence-electron chi connectivity index (χ2n) is 5.70. The zero-order valence-corrected chi connectivity index (χ0v) is 14.8. The highest BCUT2D eigenvalue weighted by Crippen LogP contribution is 2.28. The first-order chi connectivity index (χ1) is 12.8. The zero-order chi connectivity index (χ0) is 19.6. The topological polar surface area (TPSA) is 77.6 Å². The van der Waals surface area contributed by atoms with Gasteiger partial charge in [0.05, 0.1) is 30.2 Å². The first-order valence-electron chi connectivity index (χ1n) is 7.80. The highest BCUT2D eigenvalue weighted by molar-refractivity contribution is 6.32. The number of hydrogen-bond acceptors (Lipinski definition) is 5. The molecule has 3 rings (SSSR count). The molecule has 7 nitrogen and oxygen atoms in total. The molecule has 0 spiro atoms. The summed E-state index contributed by atoms with van der Waals surface area (Å²) in [5, 5.41) is 10.9. The van der Waals surface area contributed by atoms with Crippen molar-refractivity contribution in [1.29, 1.82) is 0 Å². The van der Waals surface area contributed by atoms with E-state index in [2.05, 4.69) is 20.5 Å². The van der Waals surface area contributed by atoms with Crippen LogP contribution in [0.3, 0.4) is 0 Å².